The summed E-state index contributed by atoms with van der Waals surface area (Å²) in [5.74, 6) is -1.23. The van der Waals surface area contributed by atoms with E-state index in [4.69, 9.17) is 11.6 Å². The van der Waals surface area contributed by atoms with Crippen LogP contribution < -0.4 is 15.6 Å². The molecule has 0 radical (unpaired) electrons. The van der Waals surface area contributed by atoms with E-state index in [0.29, 0.717) is 25.0 Å². The molecule has 29 heavy (non-hydrogen) atoms. The summed E-state index contributed by atoms with van der Waals surface area (Å²) < 4.78 is 32.2. The van der Waals surface area contributed by atoms with Crippen LogP contribution in [-0.4, -0.2) is 35.5 Å². The third kappa shape index (κ3) is 3.78. The van der Waals surface area contributed by atoms with Crippen molar-refractivity contribution in [3.05, 3.63) is 39.7 Å². The van der Waals surface area contributed by atoms with Crippen LogP contribution in [0.5, 0.6) is 0 Å². The van der Waals surface area contributed by atoms with Crippen LogP contribution in [0.3, 0.4) is 0 Å². The molecule has 0 bridgehead atoms. The van der Waals surface area contributed by atoms with Crippen molar-refractivity contribution in [2.75, 3.05) is 24.5 Å². The van der Waals surface area contributed by atoms with E-state index in [1.165, 1.54) is 6.20 Å². The molecule has 1 saturated heterocycles. The number of pyridine rings is 1. The Morgan fingerprint density at radius 2 is 2.03 bits per heavy atom. The lowest BCUT2D eigenvalue weighted by Crippen LogP contribution is -2.31. The normalized spacial score (nSPS) is 19.5. The van der Waals surface area contributed by atoms with E-state index in [1.807, 2.05) is 0 Å². The summed E-state index contributed by atoms with van der Waals surface area (Å²) in [4.78, 5) is 26.0. The monoisotopic (exact) mass is 423 g/mol. The first-order valence-electron chi connectivity index (χ1n) is 10.0. The summed E-state index contributed by atoms with van der Waals surface area (Å²) in [6.07, 6.45) is 3.78. The van der Waals surface area contributed by atoms with Crippen LogP contribution in [0.4, 0.5) is 14.5 Å². The molecule has 2 fully saturated rings. The molecular formula is C21H24ClF2N3O2. The summed E-state index contributed by atoms with van der Waals surface area (Å²) in [5, 5.41) is 2.31. The zero-order valence-corrected chi connectivity index (χ0v) is 17.2. The van der Waals surface area contributed by atoms with Crippen LogP contribution in [0.1, 0.15) is 49.5 Å². The Labute approximate surface area is 172 Å². The molecule has 0 amide bonds. The number of anilines is 1. The minimum absolute atomic E-state index is 0.0118. The molecule has 2 aliphatic rings. The van der Waals surface area contributed by atoms with Gasteiger partial charge in [0.1, 0.15) is 11.5 Å². The maximum atomic E-state index is 15.6. The van der Waals surface area contributed by atoms with Crippen molar-refractivity contribution < 1.29 is 13.6 Å². The smallest absolute Gasteiger partial charge is 0.257 e. The highest BCUT2D eigenvalue weighted by Crippen LogP contribution is 2.40. The fraction of sp³-hybridized carbons (Fsp3) is 0.524. The van der Waals surface area contributed by atoms with Crippen LogP contribution in [0.25, 0.3) is 10.9 Å². The predicted octanol–water partition coefficient (Wildman–Crippen LogP) is 3.82. The van der Waals surface area contributed by atoms with Gasteiger partial charge in [-0.1, -0.05) is 13.8 Å². The third-order valence-corrected chi connectivity index (χ3v) is 5.96. The van der Waals surface area contributed by atoms with Crippen molar-refractivity contribution in [1.29, 1.82) is 0 Å². The van der Waals surface area contributed by atoms with Gasteiger partial charge in [0.2, 0.25) is 5.43 Å². The minimum Gasteiger partial charge on any atom is -0.366 e. The lowest BCUT2D eigenvalue weighted by molar-refractivity contribution is 0.108. The van der Waals surface area contributed by atoms with Gasteiger partial charge in [-0.25, -0.2) is 8.78 Å². The molecule has 1 N–H and O–H groups in total. The number of rotatable bonds is 6. The molecule has 4 rings (SSSR count). The number of benzene rings is 1. The molecule has 1 aromatic carbocycles. The van der Waals surface area contributed by atoms with Crippen LogP contribution in [-0.2, 0) is 0 Å². The maximum Gasteiger partial charge on any atom is 0.257 e. The number of carbonyl (C=O) groups is 1. The first-order chi connectivity index (χ1) is 13.8. The van der Waals surface area contributed by atoms with Gasteiger partial charge >= 0.3 is 0 Å². The van der Waals surface area contributed by atoms with Crippen LogP contribution in [0, 0.1) is 17.6 Å². The molecule has 2 aromatic rings. The highest BCUT2D eigenvalue weighted by Gasteiger charge is 2.32. The van der Waals surface area contributed by atoms with Crippen LogP contribution in [0.15, 0.2) is 17.1 Å². The van der Waals surface area contributed by atoms with Gasteiger partial charge in [-0.3, -0.25) is 9.59 Å². The molecule has 2 heterocycles. The third-order valence-electron chi connectivity index (χ3n) is 5.75. The maximum absolute atomic E-state index is 15.6. The molecule has 8 heteroatoms. The number of hydrogen-bond donors (Lipinski definition) is 1. The molecule has 0 spiro atoms. The number of nitrogens with zero attached hydrogens (tertiary/aromatic N) is 2. The van der Waals surface area contributed by atoms with Crippen molar-refractivity contribution in [3.8, 4) is 0 Å². The number of aromatic nitrogens is 1. The zero-order chi connectivity index (χ0) is 20.9. The van der Waals surface area contributed by atoms with Gasteiger partial charge in [-0.15, -0.1) is 0 Å². The standard InChI is InChI=1S/C21H24ClF2N3O2/c1-11(2)25-8-12-5-6-26(9-12)19-16(23)7-14-18(17(19)24)27(13-3-4-13)10-15(20(14)28)21(22)29/h7,10-13,25H,3-6,8-9H2,1-2H3. The molecule has 5 nitrogen and oxygen atoms in total. The SMILES string of the molecule is CC(C)NCC1CCN(c2c(F)cc3c(=O)c(C(=O)Cl)cn(C4CC4)c3c2F)C1. The fourth-order valence-electron chi connectivity index (χ4n) is 4.11. The first-order valence-corrected chi connectivity index (χ1v) is 10.4. The summed E-state index contributed by atoms with van der Waals surface area (Å²) in [5.41, 5.74) is -1.03. The number of halogens is 3. The molecule has 1 atom stereocenters. The van der Waals surface area contributed by atoms with Crippen molar-refractivity contribution in [2.45, 2.75) is 45.2 Å². The Kier molecular flexibility index (Phi) is 5.38. The quantitative estimate of drug-likeness (QED) is 0.718. The topological polar surface area (TPSA) is 54.3 Å². The Bertz CT molecular complexity index is 1030. The average Bonchev–Trinajstić information content (AvgIpc) is 3.39. The van der Waals surface area contributed by atoms with E-state index in [1.54, 1.807) is 9.47 Å². The summed E-state index contributed by atoms with van der Waals surface area (Å²) in [7, 11) is 0. The van der Waals surface area contributed by atoms with Crippen LogP contribution in [0.2, 0.25) is 0 Å². The number of hydrogen-bond acceptors (Lipinski definition) is 4. The van der Waals surface area contributed by atoms with E-state index in [-0.39, 0.29) is 28.2 Å². The minimum atomic E-state index is -0.920. The van der Waals surface area contributed by atoms with E-state index in [2.05, 4.69) is 19.2 Å². The fourth-order valence-corrected chi connectivity index (χ4v) is 4.24. The van der Waals surface area contributed by atoms with Crippen molar-refractivity contribution in [3.63, 3.8) is 0 Å². The molecule has 1 aliphatic heterocycles. The number of nitrogens with one attached hydrogen (secondary N) is 1. The molecule has 1 aliphatic carbocycles. The zero-order valence-electron chi connectivity index (χ0n) is 16.5. The predicted molar refractivity (Wildman–Crippen MR) is 110 cm³/mol. The van der Waals surface area contributed by atoms with Crippen molar-refractivity contribution in [1.82, 2.24) is 9.88 Å². The first kappa shape index (κ1) is 20.3. The van der Waals surface area contributed by atoms with Gasteiger partial charge in [-0.05, 0) is 49.4 Å². The van der Waals surface area contributed by atoms with Gasteiger partial charge in [0.25, 0.3) is 5.24 Å². The molecule has 1 saturated carbocycles. The van der Waals surface area contributed by atoms with Gasteiger partial charge < -0.3 is 14.8 Å². The van der Waals surface area contributed by atoms with E-state index in [0.717, 1.165) is 31.9 Å². The second-order valence-electron chi connectivity index (χ2n) is 8.36. The second-order valence-corrected chi connectivity index (χ2v) is 8.71. The summed E-state index contributed by atoms with van der Waals surface area (Å²) >= 11 is 5.53. The molecule has 156 valence electrons. The molecule has 1 aromatic heterocycles. The highest BCUT2D eigenvalue weighted by atomic mass is 35.5. The van der Waals surface area contributed by atoms with Gasteiger partial charge in [0, 0.05) is 31.4 Å². The average molecular weight is 424 g/mol. The lowest BCUT2D eigenvalue weighted by atomic mass is 10.1. The Morgan fingerprint density at radius 3 is 2.66 bits per heavy atom. The number of fused-ring (bicyclic) bond motifs is 1. The van der Waals surface area contributed by atoms with Gasteiger partial charge in [0.15, 0.2) is 5.82 Å². The Balaban J connectivity index is 1.79. The highest BCUT2D eigenvalue weighted by molar-refractivity contribution is 6.67. The van der Waals surface area contributed by atoms with Gasteiger partial charge in [0.05, 0.1) is 16.5 Å². The largest absolute Gasteiger partial charge is 0.366 e. The molecule has 1 unspecified atom stereocenters. The summed E-state index contributed by atoms with van der Waals surface area (Å²) in [6, 6.07) is 1.39. The lowest BCUT2D eigenvalue weighted by Gasteiger charge is -2.23. The number of carbonyl (C=O) groups excluding carboxylic acids is 1. The molecular weight excluding hydrogens is 400 g/mol. The van der Waals surface area contributed by atoms with E-state index >= 15 is 4.39 Å². The van der Waals surface area contributed by atoms with E-state index in [9.17, 15) is 14.0 Å². The summed E-state index contributed by atoms with van der Waals surface area (Å²) in [6.45, 7) is 6.01. The van der Waals surface area contributed by atoms with E-state index < -0.39 is 22.3 Å². The van der Waals surface area contributed by atoms with Crippen LogP contribution >= 0.6 is 11.6 Å². The van der Waals surface area contributed by atoms with Gasteiger partial charge in [-0.2, -0.15) is 0 Å². The second kappa shape index (κ2) is 7.69. The van der Waals surface area contributed by atoms with Crippen molar-refractivity contribution >= 4 is 33.4 Å². The van der Waals surface area contributed by atoms with Crippen molar-refractivity contribution in [2.24, 2.45) is 5.92 Å². The Hall–Kier alpha value is -1.99. The Morgan fingerprint density at radius 1 is 1.31 bits per heavy atom.